The van der Waals surface area contributed by atoms with E-state index >= 15 is 0 Å². The average Bonchev–Trinajstić information content (AvgIpc) is 3.36. The molecule has 0 radical (unpaired) electrons. The lowest BCUT2D eigenvalue weighted by Gasteiger charge is -2.28. The molecule has 0 aromatic carbocycles. The lowest BCUT2D eigenvalue weighted by Crippen LogP contribution is -2.37. The molecule has 418 valence electrons. The number of phosphoric acid groups is 1. The number of esters is 2. The highest BCUT2D eigenvalue weighted by molar-refractivity contribution is 7.45. The minimum atomic E-state index is -4.66. The average molecular weight is 1050 g/mol. The summed E-state index contributed by atoms with van der Waals surface area (Å²) >= 11 is 0. The Morgan fingerprint density at radius 2 is 0.730 bits per heavy atom. The summed E-state index contributed by atoms with van der Waals surface area (Å²) in [6, 6.07) is 0. The van der Waals surface area contributed by atoms with Crippen LogP contribution in [-0.4, -0.2) is 70.0 Å². The van der Waals surface area contributed by atoms with Crippen molar-refractivity contribution in [1.82, 2.24) is 0 Å². The normalized spacial score (nSPS) is 14.4. The first kappa shape index (κ1) is 69.9. The van der Waals surface area contributed by atoms with Crippen molar-refractivity contribution in [1.29, 1.82) is 0 Å². The van der Waals surface area contributed by atoms with Crippen LogP contribution in [0.15, 0.2) is 146 Å². The van der Waals surface area contributed by atoms with E-state index in [0.717, 1.165) is 128 Å². The largest absolute Gasteiger partial charge is 0.756 e. The molecule has 10 heteroatoms. The number of nitrogens with zero attached hydrogens (tertiary/aromatic N) is 1. The lowest BCUT2D eigenvalue weighted by atomic mass is 10.1. The minimum absolute atomic E-state index is 0.0462. The molecule has 0 rings (SSSR count). The highest BCUT2D eigenvalue weighted by Crippen LogP contribution is 2.38. The van der Waals surface area contributed by atoms with Crippen molar-refractivity contribution in [3.8, 4) is 0 Å². The predicted octanol–water partition coefficient (Wildman–Crippen LogP) is 17.3. The second-order valence-electron chi connectivity index (χ2n) is 19.5. The van der Waals surface area contributed by atoms with Gasteiger partial charge in [0.25, 0.3) is 7.82 Å². The van der Waals surface area contributed by atoms with Crippen LogP contribution in [0.2, 0.25) is 0 Å². The molecule has 2 unspecified atom stereocenters. The number of rotatable bonds is 50. The van der Waals surface area contributed by atoms with Crippen LogP contribution >= 0.6 is 7.82 Å². The zero-order valence-corrected chi connectivity index (χ0v) is 48.1. The van der Waals surface area contributed by atoms with Gasteiger partial charge in [-0.15, -0.1) is 0 Å². The smallest absolute Gasteiger partial charge is 0.306 e. The number of phosphoric ester groups is 1. The van der Waals surface area contributed by atoms with Gasteiger partial charge in [-0.05, 0) is 116 Å². The number of carbonyl (C=O) groups excluding carboxylic acids is 2. The van der Waals surface area contributed by atoms with E-state index in [0.29, 0.717) is 23.9 Å². The van der Waals surface area contributed by atoms with Gasteiger partial charge >= 0.3 is 11.9 Å². The van der Waals surface area contributed by atoms with E-state index in [1.165, 1.54) is 25.7 Å². The summed E-state index contributed by atoms with van der Waals surface area (Å²) < 4.78 is 34.1. The van der Waals surface area contributed by atoms with Crippen molar-refractivity contribution in [3.63, 3.8) is 0 Å². The third-order valence-electron chi connectivity index (χ3n) is 11.4. The van der Waals surface area contributed by atoms with Gasteiger partial charge in [-0.1, -0.05) is 211 Å². The molecule has 0 amide bonds. The van der Waals surface area contributed by atoms with Crippen molar-refractivity contribution in [2.75, 3.05) is 47.5 Å². The molecule has 0 heterocycles. The molecule has 0 saturated heterocycles. The summed E-state index contributed by atoms with van der Waals surface area (Å²) in [5.41, 5.74) is 0. The molecule has 0 aliphatic carbocycles. The maximum absolute atomic E-state index is 12.8. The lowest BCUT2D eigenvalue weighted by molar-refractivity contribution is -0.870. The molecular formula is C64H104NO8P. The third kappa shape index (κ3) is 57.2. The van der Waals surface area contributed by atoms with Crippen LogP contribution in [0.3, 0.4) is 0 Å². The van der Waals surface area contributed by atoms with E-state index in [4.69, 9.17) is 18.5 Å². The summed E-state index contributed by atoms with van der Waals surface area (Å²) in [7, 11) is 1.12. The molecule has 0 bridgehead atoms. The summed E-state index contributed by atoms with van der Waals surface area (Å²) in [5.74, 6) is -0.885. The molecule has 0 N–H and O–H groups in total. The molecule has 0 aliphatic rings. The Bertz CT molecular complexity index is 1760. The zero-order valence-electron chi connectivity index (χ0n) is 47.2. The molecule has 9 nitrogen and oxygen atoms in total. The first-order valence-corrected chi connectivity index (χ1v) is 30.0. The van der Waals surface area contributed by atoms with E-state index in [2.05, 4.69) is 160 Å². The van der Waals surface area contributed by atoms with Gasteiger partial charge in [0.15, 0.2) is 6.10 Å². The molecule has 0 spiro atoms. The Hall–Kier alpha value is -4.11. The van der Waals surface area contributed by atoms with E-state index < -0.39 is 32.5 Å². The number of quaternary nitrogens is 1. The molecular weight excluding hydrogens is 942 g/mol. The van der Waals surface area contributed by atoms with Crippen molar-refractivity contribution in [3.05, 3.63) is 146 Å². The Kier molecular flexibility index (Phi) is 50.7. The Labute approximate surface area is 453 Å². The number of likely N-dealkylation sites (N-methyl/N-ethyl adjacent to an activating group) is 1. The summed E-state index contributed by atoms with van der Waals surface area (Å²) in [4.78, 5) is 37.9. The van der Waals surface area contributed by atoms with Crippen molar-refractivity contribution >= 4 is 19.8 Å². The van der Waals surface area contributed by atoms with Gasteiger partial charge < -0.3 is 27.9 Å². The number of hydrogen-bond acceptors (Lipinski definition) is 8. The van der Waals surface area contributed by atoms with Crippen molar-refractivity contribution in [2.24, 2.45) is 0 Å². The second-order valence-corrected chi connectivity index (χ2v) is 20.9. The fourth-order valence-electron chi connectivity index (χ4n) is 7.01. The number of carbonyl (C=O) groups is 2. The topological polar surface area (TPSA) is 111 Å². The van der Waals surface area contributed by atoms with Crippen LogP contribution in [0.4, 0.5) is 0 Å². The Balaban J connectivity index is 4.31. The van der Waals surface area contributed by atoms with Crippen molar-refractivity contribution in [2.45, 2.75) is 200 Å². The first-order valence-electron chi connectivity index (χ1n) is 28.5. The summed E-state index contributed by atoms with van der Waals surface area (Å²) in [5, 5.41) is 0. The fourth-order valence-corrected chi connectivity index (χ4v) is 7.74. The van der Waals surface area contributed by atoms with Gasteiger partial charge in [0, 0.05) is 12.8 Å². The van der Waals surface area contributed by atoms with Gasteiger partial charge in [-0.25, -0.2) is 0 Å². The SMILES string of the molecule is CC/C=C\C/C=C\C/C=C\C/C=C\C/C=C\C/C=C\CCCCCCCCCCC(=O)OC(COC(=O)CCCCCC/C=C\C/C=C\C/C=C\C/C=C\C/C=C\C/C=C\CC)COP(=O)([O-])OCC[N+](C)(C)C. The van der Waals surface area contributed by atoms with E-state index in [-0.39, 0.29) is 26.1 Å². The highest BCUT2D eigenvalue weighted by Gasteiger charge is 2.21. The van der Waals surface area contributed by atoms with Crippen LogP contribution < -0.4 is 4.89 Å². The second kappa shape index (κ2) is 53.7. The zero-order chi connectivity index (χ0) is 54.2. The molecule has 0 fully saturated rings. The first-order chi connectivity index (χ1) is 36.0. The number of hydrogen-bond donors (Lipinski definition) is 0. The maximum Gasteiger partial charge on any atom is 0.306 e. The van der Waals surface area contributed by atoms with Crippen molar-refractivity contribution < 1.29 is 42.1 Å². The van der Waals surface area contributed by atoms with Gasteiger partial charge in [0.1, 0.15) is 19.8 Å². The molecule has 2 atom stereocenters. The van der Waals surface area contributed by atoms with Crippen LogP contribution in [0.1, 0.15) is 194 Å². The van der Waals surface area contributed by atoms with Crippen LogP contribution in [0.5, 0.6) is 0 Å². The maximum atomic E-state index is 12.8. The van der Waals surface area contributed by atoms with Gasteiger partial charge in [-0.3, -0.25) is 14.2 Å². The van der Waals surface area contributed by atoms with E-state index in [9.17, 15) is 19.0 Å². The molecule has 74 heavy (non-hydrogen) atoms. The number of ether oxygens (including phenoxy) is 2. The third-order valence-corrected chi connectivity index (χ3v) is 12.3. The quantitative estimate of drug-likeness (QED) is 0.0195. The van der Waals surface area contributed by atoms with Crippen LogP contribution in [0.25, 0.3) is 0 Å². The summed E-state index contributed by atoms with van der Waals surface area (Å²) in [6.07, 6.45) is 78.8. The van der Waals surface area contributed by atoms with E-state index in [1.54, 1.807) is 0 Å². The van der Waals surface area contributed by atoms with E-state index in [1.807, 2.05) is 21.1 Å². The Morgan fingerprint density at radius 3 is 1.08 bits per heavy atom. The van der Waals surface area contributed by atoms with Gasteiger partial charge in [0.05, 0.1) is 27.7 Å². The van der Waals surface area contributed by atoms with Gasteiger partial charge in [-0.2, -0.15) is 0 Å². The number of unbranched alkanes of at least 4 members (excludes halogenated alkanes) is 12. The van der Waals surface area contributed by atoms with Crippen LogP contribution in [-0.2, 0) is 32.7 Å². The number of allylic oxidation sites excluding steroid dienone is 24. The summed E-state index contributed by atoms with van der Waals surface area (Å²) in [6.45, 7) is 3.94. The monoisotopic (exact) mass is 1050 g/mol. The standard InChI is InChI=1S/C64H104NO8P/c1-6-8-10-12-14-16-18-20-22-24-26-28-30-31-32-33-35-37-39-41-43-45-47-49-51-53-55-57-64(67)73-62(61-72-74(68,69)71-59-58-65(3,4)5)60-70-63(66)56-54-52-50-48-46-44-42-40-38-36-34-29-27-25-23-21-19-17-15-13-11-9-7-2/h8-11,14-17,20-23,26-29,31-32,35-38,42,44,62H,6-7,12-13,18-19,24-25,30,33-34,39-41,43,45-61H2,1-5H3/b10-8-,11-9-,16-14-,17-15-,22-20-,23-21-,28-26-,29-27-,32-31-,37-35-,38-36-,44-42-. The van der Waals surface area contributed by atoms with Gasteiger partial charge in [0.2, 0.25) is 0 Å². The molecule has 0 aromatic rings. The predicted molar refractivity (Wildman–Crippen MR) is 314 cm³/mol. The fraction of sp³-hybridized carbons (Fsp3) is 0.594. The Morgan fingerprint density at radius 1 is 0.419 bits per heavy atom. The minimum Gasteiger partial charge on any atom is -0.756 e. The molecule has 0 aromatic heterocycles. The highest BCUT2D eigenvalue weighted by atomic mass is 31.2. The van der Waals surface area contributed by atoms with Crippen LogP contribution in [0, 0.1) is 0 Å². The molecule has 0 saturated carbocycles. The molecule has 0 aliphatic heterocycles.